The molecule has 1 aromatic carbocycles. The first kappa shape index (κ1) is 19.4. The Hall–Kier alpha value is -2.35. The molecule has 1 fully saturated rings. The van der Waals surface area contributed by atoms with E-state index in [0.29, 0.717) is 25.9 Å². The lowest BCUT2D eigenvalue weighted by atomic mass is 9.87. The third kappa shape index (κ3) is 4.68. The van der Waals surface area contributed by atoms with Crippen molar-refractivity contribution in [2.24, 2.45) is 0 Å². The van der Waals surface area contributed by atoms with E-state index in [2.05, 4.69) is 15.2 Å². The van der Waals surface area contributed by atoms with Gasteiger partial charge in [-0.3, -0.25) is 9.69 Å². The summed E-state index contributed by atoms with van der Waals surface area (Å²) in [5.74, 6) is -0.619. The van der Waals surface area contributed by atoms with Crippen molar-refractivity contribution in [3.8, 4) is 0 Å². The molecule has 0 aliphatic carbocycles. The zero-order chi connectivity index (χ0) is 19.5. The van der Waals surface area contributed by atoms with Crippen molar-refractivity contribution >= 4 is 5.91 Å². The van der Waals surface area contributed by atoms with Crippen LogP contribution in [0.3, 0.4) is 0 Å². The average molecular weight is 380 g/mol. The lowest BCUT2D eigenvalue weighted by Gasteiger charge is -2.42. The van der Waals surface area contributed by atoms with Gasteiger partial charge in [-0.2, -0.15) is 13.2 Å². The molecule has 1 aromatic heterocycles. The number of benzene rings is 1. The van der Waals surface area contributed by atoms with E-state index in [1.54, 1.807) is 10.8 Å². The molecular weight excluding hydrogens is 357 g/mol. The molecule has 1 aliphatic heterocycles. The van der Waals surface area contributed by atoms with Gasteiger partial charge < -0.3 is 9.88 Å². The van der Waals surface area contributed by atoms with Crippen LogP contribution < -0.4 is 5.32 Å². The summed E-state index contributed by atoms with van der Waals surface area (Å²) in [5.41, 5.74) is 1.18. The van der Waals surface area contributed by atoms with Crippen LogP contribution in [0, 0.1) is 6.92 Å². The third-order valence-corrected chi connectivity index (χ3v) is 4.95. The van der Waals surface area contributed by atoms with Gasteiger partial charge in [-0.25, -0.2) is 4.98 Å². The molecule has 1 aliphatic rings. The van der Waals surface area contributed by atoms with E-state index < -0.39 is 24.2 Å². The van der Waals surface area contributed by atoms with Gasteiger partial charge in [-0.15, -0.1) is 0 Å². The second kappa shape index (κ2) is 7.72. The summed E-state index contributed by atoms with van der Waals surface area (Å²) in [6, 6.07) is 8.12. The van der Waals surface area contributed by atoms with Gasteiger partial charge in [0.25, 0.3) is 0 Å². The maximum absolute atomic E-state index is 12.8. The Bertz CT molecular complexity index is 758. The molecule has 0 spiro atoms. The highest BCUT2D eigenvalue weighted by molar-refractivity contribution is 5.85. The summed E-state index contributed by atoms with van der Waals surface area (Å²) < 4.78 is 39.4. The normalized spacial score (nSPS) is 21.2. The van der Waals surface area contributed by atoms with Gasteiger partial charge >= 0.3 is 6.18 Å². The number of amides is 1. The number of aromatic nitrogens is 2. The van der Waals surface area contributed by atoms with Crippen molar-refractivity contribution in [2.45, 2.75) is 38.0 Å². The Morgan fingerprint density at radius 3 is 2.67 bits per heavy atom. The van der Waals surface area contributed by atoms with E-state index >= 15 is 0 Å². The fourth-order valence-electron chi connectivity index (χ4n) is 3.58. The number of halogens is 3. The number of alkyl halides is 3. The number of likely N-dealkylation sites (tertiary alicyclic amines) is 1. The van der Waals surface area contributed by atoms with Crippen molar-refractivity contribution in [1.82, 2.24) is 19.8 Å². The number of hydrogen-bond donors (Lipinski definition) is 1. The Balaban J connectivity index is 1.80. The summed E-state index contributed by atoms with van der Waals surface area (Å²) in [6.45, 7) is 2.45. The fraction of sp³-hybridized carbons (Fsp3) is 0.474. The predicted octanol–water partition coefficient (Wildman–Crippen LogP) is 2.86. The summed E-state index contributed by atoms with van der Waals surface area (Å²) in [5, 5.41) is 2.07. The first-order chi connectivity index (χ1) is 12.8. The van der Waals surface area contributed by atoms with Crippen molar-refractivity contribution in [3.05, 3.63) is 54.1 Å². The van der Waals surface area contributed by atoms with Crippen LogP contribution in [-0.4, -0.2) is 46.2 Å². The molecule has 0 bridgehead atoms. The van der Waals surface area contributed by atoms with Crippen LogP contribution in [0.1, 0.15) is 24.0 Å². The van der Waals surface area contributed by atoms with Crippen LogP contribution in [0.5, 0.6) is 0 Å². The van der Waals surface area contributed by atoms with Crippen LogP contribution in [0.2, 0.25) is 0 Å². The highest BCUT2D eigenvalue weighted by Gasteiger charge is 2.44. The van der Waals surface area contributed by atoms with Crippen molar-refractivity contribution in [1.29, 1.82) is 0 Å². The molecule has 27 heavy (non-hydrogen) atoms. The standard InChI is InChI=1S/C19H23F3N4O/c1-15-3-5-16(6-4-15)11-25-9-2-7-18(13-25,26-10-8-23-14-26)17(27)24-12-19(20,21)22/h3-6,8,10,14H,2,7,9,11-13H2,1H3,(H,24,27). The summed E-state index contributed by atoms with van der Waals surface area (Å²) in [7, 11) is 0. The number of rotatable bonds is 5. The SMILES string of the molecule is Cc1ccc(CN2CCCC(C(=O)NCC(F)(F)F)(n3ccnc3)C2)cc1. The quantitative estimate of drug-likeness (QED) is 0.868. The third-order valence-electron chi connectivity index (χ3n) is 4.95. The Kier molecular flexibility index (Phi) is 5.55. The van der Waals surface area contributed by atoms with Gasteiger partial charge in [-0.1, -0.05) is 29.8 Å². The highest BCUT2D eigenvalue weighted by Crippen LogP contribution is 2.30. The topological polar surface area (TPSA) is 50.2 Å². The molecule has 8 heteroatoms. The molecule has 3 rings (SSSR count). The molecule has 1 saturated heterocycles. The summed E-state index contributed by atoms with van der Waals surface area (Å²) >= 11 is 0. The van der Waals surface area contributed by atoms with E-state index in [0.717, 1.165) is 17.7 Å². The predicted molar refractivity (Wildman–Crippen MR) is 95.0 cm³/mol. The van der Waals surface area contributed by atoms with E-state index in [1.165, 1.54) is 12.5 Å². The number of hydrogen-bond acceptors (Lipinski definition) is 3. The zero-order valence-electron chi connectivity index (χ0n) is 15.2. The van der Waals surface area contributed by atoms with E-state index in [4.69, 9.17) is 0 Å². The van der Waals surface area contributed by atoms with Crippen LogP contribution in [0.15, 0.2) is 43.0 Å². The molecule has 2 heterocycles. The van der Waals surface area contributed by atoms with E-state index in [9.17, 15) is 18.0 Å². The Labute approximate surface area is 156 Å². The van der Waals surface area contributed by atoms with Gasteiger partial charge in [0.1, 0.15) is 12.1 Å². The van der Waals surface area contributed by atoms with Gasteiger partial charge in [-0.05, 0) is 31.9 Å². The van der Waals surface area contributed by atoms with Crippen LogP contribution in [-0.2, 0) is 16.9 Å². The molecule has 1 amide bonds. The first-order valence-electron chi connectivity index (χ1n) is 8.90. The Morgan fingerprint density at radius 2 is 2.04 bits per heavy atom. The second-order valence-electron chi connectivity index (χ2n) is 7.10. The van der Waals surface area contributed by atoms with Crippen molar-refractivity contribution in [2.75, 3.05) is 19.6 Å². The minimum atomic E-state index is -4.44. The zero-order valence-corrected chi connectivity index (χ0v) is 15.2. The van der Waals surface area contributed by atoms with Crippen LogP contribution >= 0.6 is 0 Å². The van der Waals surface area contributed by atoms with Gasteiger partial charge in [0, 0.05) is 25.5 Å². The molecule has 1 atom stereocenters. The van der Waals surface area contributed by atoms with Crippen molar-refractivity contribution < 1.29 is 18.0 Å². The van der Waals surface area contributed by atoms with Crippen LogP contribution in [0.4, 0.5) is 13.2 Å². The second-order valence-corrected chi connectivity index (χ2v) is 7.10. The molecule has 146 valence electrons. The molecule has 0 radical (unpaired) electrons. The van der Waals surface area contributed by atoms with E-state index in [1.807, 2.05) is 31.2 Å². The molecule has 2 aromatic rings. The smallest absolute Gasteiger partial charge is 0.345 e. The highest BCUT2D eigenvalue weighted by atomic mass is 19.4. The first-order valence-corrected chi connectivity index (χ1v) is 8.90. The molecular formula is C19H23F3N4O. The molecule has 1 unspecified atom stereocenters. The maximum Gasteiger partial charge on any atom is 0.405 e. The minimum Gasteiger partial charge on any atom is -0.345 e. The number of nitrogens with zero attached hydrogens (tertiary/aromatic N) is 3. The summed E-state index contributed by atoms with van der Waals surface area (Å²) in [4.78, 5) is 18.9. The average Bonchev–Trinajstić information content (AvgIpc) is 3.16. The lowest BCUT2D eigenvalue weighted by molar-refractivity contribution is -0.146. The summed E-state index contributed by atoms with van der Waals surface area (Å²) in [6.07, 6.45) is 1.42. The van der Waals surface area contributed by atoms with E-state index in [-0.39, 0.29) is 0 Å². The number of aryl methyl sites for hydroxylation is 1. The maximum atomic E-state index is 12.8. The molecule has 1 N–H and O–H groups in total. The molecule has 5 nitrogen and oxygen atoms in total. The van der Waals surface area contributed by atoms with Crippen LogP contribution in [0.25, 0.3) is 0 Å². The minimum absolute atomic E-state index is 0.334. The van der Waals surface area contributed by atoms with Crippen molar-refractivity contribution in [3.63, 3.8) is 0 Å². The Morgan fingerprint density at radius 1 is 1.30 bits per heavy atom. The van der Waals surface area contributed by atoms with Gasteiger partial charge in [0.15, 0.2) is 0 Å². The monoisotopic (exact) mass is 380 g/mol. The van der Waals surface area contributed by atoms with Gasteiger partial charge in [0.05, 0.1) is 6.33 Å². The number of imidazole rings is 1. The largest absolute Gasteiger partial charge is 0.405 e. The number of piperidine rings is 1. The van der Waals surface area contributed by atoms with Gasteiger partial charge in [0.2, 0.25) is 5.91 Å². The number of carbonyl (C=O) groups is 1. The number of carbonyl (C=O) groups excluding carboxylic acids is 1. The lowest BCUT2D eigenvalue weighted by Crippen LogP contribution is -2.58. The number of nitrogens with one attached hydrogen (secondary N) is 1. The fourth-order valence-corrected chi connectivity index (χ4v) is 3.58. The molecule has 0 saturated carbocycles.